The first-order chi connectivity index (χ1) is 15.1. The number of ether oxygens (including phenoxy) is 2. The van der Waals surface area contributed by atoms with Crippen LogP contribution in [-0.4, -0.2) is 34.7 Å². The normalized spacial score (nSPS) is 15.7. The largest absolute Gasteiger partial charge is 0.486 e. The maximum absolute atomic E-state index is 12.3. The van der Waals surface area contributed by atoms with Crippen molar-refractivity contribution in [2.45, 2.75) is 52.2 Å². The molecule has 0 radical (unpaired) electrons. The maximum Gasteiger partial charge on any atom is 0.410 e. The van der Waals surface area contributed by atoms with Crippen LogP contribution >= 0.6 is 23.2 Å². The average Bonchev–Trinajstić information content (AvgIpc) is 2.72. The van der Waals surface area contributed by atoms with E-state index in [4.69, 9.17) is 32.7 Å². The summed E-state index contributed by atoms with van der Waals surface area (Å²) in [6.07, 6.45) is 3.17. The third-order valence-electron chi connectivity index (χ3n) is 5.30. The zero-order valence-electron chi connectivity index (χ0n) is 18.5. The zero-order chi connectivity index (χ0) is 23.4. The second-order valence-corrected chi connectivity index (χ2v) is 9.90. The highest BCUT2D eigenvalue weighted by Gasteiger charge is 2.37. The Labute approximate surface area is 199 Å². The first-order valence-corrected chi connectivity index (χ1v) is 11.3. The fraction of sp³-hybridized carbons (Fsp3) is 0.458. The first kappa shape index (κ1) is 24.2. The Morgan fingerprint density at radius 2 is 1.94 bits per heavy atom. The fourth-order valence-electron chi connectivity index (χ4n) is 3.62. The lowest BCUT2D eigenvalue weighted by Crippen LogP contribution is -2.45. The van der Waals surface area contributed by atoms with Gasteiger partial charge in [0.05, 0.1) is 22.2 Å². The Bertz CT molecular complexity index is 1010. The third-order valence-corrected chi connectivity index (χ3v) is 5.83. The van der Waals surface area contributed by atoms with Crippen LogP contribution in [0.1, 0.15) is 44.9 Å². The Balaban J connectivity index is 1.61. The molecule has 1 aromatic heterocycles. The number of likely N-dealkylation sites (tertiary alicyclic amines) is 1. The lowest BCUT2D eigenvalue weighted by Gasteiger charge is -2.38. The summed E-state index contributed by atoms with van der Waals surface area (Å²) >= 11 is 12.1. The topological polar surface area (TPSA) is 75.5 Å². The quantitative estimate of drug-likeness (QED) is 0.525. The van der Waals surface area contributed by atoms with Crippen LogP contribution in [-0.2, 0) is 17.8 Å². The van der Waals surface area contributed by atoms with E-state index in [1.165, 1.54) is 0 Å². The molecule has 1 fully saturated rings. The van der Waals surface area contributed by atoms with Crippen molar-refractivity contribution >= 4 is 29.3 Å². The molecule has 8 heteroatoms. The molecule has 6 nitrogen and oxygen atoms in total. The van der Waals surface area contributed by atoms with Crippen molar-refractivity contribution in [3.63, 3.8) is 0 Å². The molecular weight excluding hydrogens is 449 g/mol. The van der Waals surface area contributed by atoms with Gasteiger partial charge in [-0.15, -0.1) is 0 Å². The minimum atomic E-state index is -0.535. The highest BCUT2D eigenvalue weighted by atomic mass is 35.5. The molecule has 2 heterocycles. The van der Waals surface area contributed by atoms with Crippen LogP contribution in [0.4, 0.5) is 4.79 Å². The number of nitrogens with zero attached hydrogens (tertiary/aromatic N) is 3. The molecule has 170 valence electrons. The van der Waals surface area contributed by atoms with Crippen LogP contribution in [0.5, 0.6) is 5.75 Å². The number of amides is 1. The summed E-state index contributed by atoms with van der Waals surface area (Å²) in [7, 11) is 0. The van der Waals surface area contributed by atoms with E-state index < -0.39 is 11.0 Å². The molecule has 0 spiro atoms. The molecule has 3 rings (SSSR count). The summed E-state index contributed by atoms with van der Waals surface area (Å²) < 4.78 is 11.2. The molecule has 1 aliphatic rings. The van der Waals surface area contributed by atoms with E-state index in [-0.39, 0.29) is 12.7 Å². The number of halogens is 2. The van der Waals surface area contributed by atoms with Gasteiger partial charge in [0.15, 0.2) is 0 Å². The minimum Gasteiger partial charge on any atom is -0.486 e. The van der Waals surface area contributed by atoms with Crippen LogP contribution in [0, 0.1) is 16.7 Å². The lowest BCUT2D eigenvalue weighted by molar-refractivity contribution is 0.0148. The smallest absolute Gasteiger partial charge is 0.410 e. The summed E-state index contributed by atoms with van der Waals surface area (Å²) in [6, 6.07) is 11.4. The molecule has 0 saturated carbocycles. The van der Waals surface area contributed by atoms with Gasteiger partial charge in [0.25, 0.3) is 0 Å². The van der Waals surface area contributed by atoms with E-state index in [9.17, 15) is 10.1 Å². The third kappa shape index (κ3) is 6.51. The average molecular weight is 476 g/mol. The van der Waals surface area contributed by atoms with Crippen molar-refractivity contribution in [1.29, 1.82) is 5.26 Å². The number of carbonyl (C=O) groups is 1. The van der Waals surface area contributed by atoms with Gasteiger partial charge in [-0.05, 0) is 75.9 Å². The van der Waals surface area contributed by atoms with Crippen molar-refractivity contribution in [1.82, 2.24) is 9.88 Å². The lowest BCUT2D eigenvalue weighted by atomic mass is 9.75. The molecule has 0 bridgehead atoms. The highest BCUT2D eigenvalue weighted by molar-refractivity contribution is 6.35. The van der Waals surface area contributed by atoms with Gasteiger partial charge in [0.1, 0.15) is 18.0 Å². The van der Waals surface area contributed by atoms with Crippen molar-refractivity contribution in [3.8, 4) is 11.8 Å². The predicted octanol–water partition coefficient (Wildman–Crippen LogP) is 6.05. The maximum atomic E-state index is 12.3. The molecule has 0 aliphatic carbocycles. The minimum absolute atomic E-state index is 0.251. The summed E-state index contributed by atoms with van der Waals surface area (Å²) in [4.78, 5) is 18.4. The van der Waals surface area contributed by atoms with Gasteiger partial charge in [0.2, 0.25) is 0 Å². The monoisotopic (exact) mass is 475 g/mol. The number of benzene rings is 1. The Morgan fingerprint density at radius 3 is 2.56 bits per heavy atom. The van der Waals surface area contributed by atoms with Crippen molar-refractivity contribution in [2.75, 3.05) is 13.1 Å². The number of piperidine rings is 1. The molecular formula is C24H27Cl2N3O3. The van der Waals surface area contributed by atoms with E-state index in [1.807, 2.05) is 32.9 Å². The molecule has 2 aromatic rings. The molecule has 0 atom stereocenters. The Morgan fingerprint density at radius 1 is 1.22 bits per heavy atom. The standard InChI is InChI=1S/C24H27Cl2N3O3/c1-23(2,3)32-22(30)29-10-7-24(16-27,8-11-29)14-17-6-9-28-19(12-17)15-31-21-5-4-18(25)13-20(21)26/h4-6,9,12-13H,7-8,10-11,14-15H2,1-3H3. The molecule has 1 saturated heterocycles. The molecule has 1 aromatic carbocycles. The highest BCUT2D eigenvalue weighted by Crippen LogP contribution is 2.35. The van der Waals surface area contributed by atoms with Crippen LogP contribution in [0.3, 0.4) is 0 Å². The second kappa shape index (κ2) is 9.97. The summed E-state index contributed by atoms with van der Waals surface area (Å²) in [5.74, 6) is 0.534. The molecule has 1 amide bonds. The number of rotatable bonds is 5. The van der Waals surface area contributed by atoms with Crippen molar-refractivity contribution in [2.24, 2.45) is 5.41 Å². The molecule has 32 heavy (non-hydrogen) atoms. The van der Waals surface area contributed by atoms with Gasteiger partial charge in [-0.3, -0.25) is 4.98 Å². The second-order valence-electron chi connectivity index (χ2n) is 9.06. The van der Waals surface area contributed by atoms with Gasteiger partial charge in [0, 0.05) is 24.3 Å². The first-order valence-electron chi connectivity index (χ1n) is 10.5. The number of carbonyl (C=O) groups excluding carboxylic acids is 1. The van der Waals surface area contributed by atoms with E-state index in [1.54, 1.807) is 29.3 Å². The van der Waals surface area contributed by atoms with Crippen molar-refractivity contribution in [3.05, 3.63) is 57.8 Å². The number of aromatic nitrogens is 1. The van der Waals surface area contributed by atoms with Gasteiger partial charge in [-0.2, -0.15) is 5.26 Å². The molecule has 0 unspecified atom stereocenters. The van der Waals surface area contributed by atoms with Crippen molar-refractivity contribution < 1.29 is 14.3 Å². The van der Waals surface area contributed by atoms with Gasteiger partial charge in [-0.1, -0.05) is 23.2 Å². The van der Waals surface area contributed by atoms with Crippen LogP contribution in [0.2, 0.25) is 10.0 Å². The summed E-state index contributed by atoms with van der Waals surface area (Å²) in [6.45, 7) is 6.79. The summed E-state index contributed by atoms with van der Waals surface area (Å²) in [5.41, 5.74) is 0.685. The molecule has 1 aliphatic heterocycles. The number of hydrogen-bond acceptors (Lipinski definition) is 5. The predicted molar refractivity (Wildman–Crippen MR) is 124 cm³/mol. The van der Waals surface area contributed by atoms with E-state index in [0.717, 1.165) is 11.3 Å². The van der Waals surface area contributed by atoms with Gasteiger partial charge >= 0.3 is 6.09 Å². The Hall–Kier alpha value is -2.49. The van der Waals surface area contributed by atoms with E-state index in [0.29, 0.717) is 48.1 Å². The fourth-order valence-corrected chi connectivity index (χ4v) is 4.09. The molecule has 0 N–H and O–H groups in total. The SMILES string of the molecule is CC(C)(C)OC(=O)N1CCC(C#N)(Cc2ccnc(COc3ccc(Cl)cc3Cl)c2)CC1. The summed E-state index contributed by atoms with van der Waals surface area (Å²) in [5, 5.41) is 10.9. The van der Waals surface area contributed by atoms with Gasteiger partial charge in [-0.25, -0.2) is 4.79 Å². The number of pyridine rings is 1. The van der Waals surface area contributed by atoms with E-state index >= 15 is 0 Å². The Kier molecular flexibility index (Phi) is 7.53. The zero-order valence-corrected chi connectivity index (χ0v) is 20.0. The van der Waals surface area contributed by atoms with Crippen LogP contribution in [0.25, 0.3) is 0 Å². The number of nitriles is 1. The number of hydrogen-bond donors (Lipinski definition) is 0. The van der Waals surface area contributed by atoms with Crippen LogP contribution in [0.15, 0.2) is 36.5 Å². The van der Waals surface area contributed by atoms with Gasteiger partial charge < -0.3 is 14.4 Å². The van der Waals surface area contributed by atoms with Crippen LogP contribution < -0.4 is 4.74 Å². The van der Waals surface area contributed by atoms with E-state index in [2.05, 4.69) is 11.1 Å².